The van der Waals surface area contributed by atoms with Crippen LogP contribution in [0.5, 0.6) is 0 Å². The molecule has 5 rings (SSSR count). The number of aliphatic hydroxyl groups is 1. The standard InChI is InChI=1S/C27H36N4O3/c1-34-13-12-31-16-21-10-11-27(21,17-31)20-4-2-18(3-5-20)19-14-24(25(28)29-15-19)26(33)30-22-6-8-23(32)9-7-22/h2-5,14-15,21-23,32H,6-13,16-17H2,1H3,(H2,28,29)(H,30,33)/t21-,22-,23-,27+/m1/s1. The predicted octanol–water partition coefficient (Wildman–Crippen LogP) is 2.97. The smallest absolute Gasteiger partial charge is 0.255 e. The second kappa shape index (κ2) is 9.64. The fraction of sp³-hybridized carbons (Fsp3) is 0.556. The summed E-state index contributed by atoms with van der Waals surface area (Å²) in [6.07, 6.45) is 7.04. The number of anilines is 1. The zero-order chi connectivity index (χ0) is 23.7. The number of likely N-dealkylation sites (tertiary alicyclic amines) is 1. The molecule has 3 fully saturated rings. The van der Waals surface area contributed by atoms with E-state index in [1.54, 1.807) is 13.3 Å². The number of aromatic nitrogens is 1. The van der Waals surface area contributed by atoms with Crippen molar-refractivity contribution in [1.82, 2.24) is 15.2 Å². The Morgan fingerprint density at radius 1 is 1.21 bits per heavy atom. The van der Waals surface area contributed by atoms with Crippen molar-refractivity contribution in [2.75, 3.05) is 39.1 Å². The SMILES string of the molecule is COCCN1C[C@H]2CC[C@@]2(c2ccc(-c3cnc(N)c(C(=O)N[C@H]4CC[C@H](O)CC4)c3)cc2)C1. The second-order valence-corrected chi connectivity index (χ2v) is 10.3. The second-order valence-electron chi connectivity index (χ2n) is 10.3. The first kappa shape index (κ1) is 23.3. The van der Waals surface area contributed by atoms with E-state index in [4.69, 9.17) is 10.5 Å². The number of rotatable bonds is 7. The number of carbonyl (C=O) groups is 1. The minimum Gasteiger partial charge on any atom is -0.393 e. The Bertz CT molecular complexity index is 1020. The summed E-state index contributed by atoms with van der Waals surface area (Å²) in [6, 6.07) is 10.7. The highest BCUT2D eigenvalue weighted by Crippen LogP contribution is 2.53. The Morgan fingerprint density at radius 2 is 1.97 bits per heavy atom. The number of carbonyl (C=O) groups excluding carboxylic acids is 1. The molecule has 3 aliphatic rings. The number of amides is 1. The number of fused-ring (bicyclic) bond motifs is 1. The van der Waals surface area contributed by atoms with Gasteiger partial charge in [-0.05, 0) is 61.6 Å². The Balaban J connectivity index is 1.30. The van der Waals surface area contributed by atoms with Crippen molar-refractivity contribution in [2.24, 2.45) is 5.92 Å². The first-order chi connectivity index (χ1) is 16.5. The van der Waals surface area contributed by atoms with Crippen LogP contribution >= 0.6 is 0 Å². The Morgan fingerprint density at radius 3 is 2.65 bits per heavy atom. The van der Waals surface area contributed by atoms with Gasteiger partial charge in [0.1, 0.15) is 5.82 Å². The number of hydrogen-bond donors (Lipinski definition) is 3. The number of nitrogens with zero attached hydrogens (tertiary/aromatic N) is 2. The van der Waals surface area contributed by atoms with Gasteiger partial charge in [0.05, 0.1) is 18.3 Å². The Hall–Kier alpha value is -2.48. The minimum absolute atomic E-state index is 0.0720. The van der Waals surface area contributed by atoms with E-state index in [1.807, 2.05) is 6.07 Å². The van der Waals surface area contributed by atoms with Crippen molar-refractivity contribution in [3.8, 4) is 11.1 Å². The number of methoxy groups -OCH3 is 1. The van der Waals surface area contributed by atoms with Crippen LogP contribution in [0.1, 0.15) is 54.4 Å². The summed E-state index contributed by atoms with van der Waals surface area (Å²) >= 11 is 0. The molecular formula is C27H36N4O3. The molecule has 1 saturated heterocycles. The van der Waals surface area contributed by atoms with Crippen LogP contribution in [0.4, 0.5) is 5.82 Å². The van der Waals surface area contributed by atoms with E-state index in [9.17, 15) is 9.90 Å². The van der Waals surface area contributed by atoms with Crippen molar-refractivity contribution in [1.29, 1.82) is 0 Å². The van der Waals surface area contributed by atoms with Gasteiger partial charge < -0.3 is 20.9 Å². The quantitative estimate of drug-likeness (QED) is 0.583. The molecule has 0 radical (unpaired) electrons. The van der Waals surface area contributed by atoms with Crippen molar-refractivity contribution in [3.05, 3.63) is 47.7 Å². The molecule has 1 aliphatic heterocycles. The fourth-order valence-corrected chi connectivity index (χ4v) is 6.10. The van der Waals surface area contributed by atoms with Crippen LogP contribution in [0.25, 0.3) is 11.1 Å². The molecule has 182 valence electrons. The molecule has 1 amide bonds. The number of benzene rings is 1. The molecule has 2 aromatic rings. The average Bonchev–Trinajstić information content (AvgIpc) is 3.09. The van der Waals surface area contributed by atoms with Crippen molar-refractivity contribution < 1.29 is 14.6 Å². The van der Waals surface area contributed by atoms with Crippen molar-refractivity contribution >= 4 is 11.7 Å². The summed E-state index contributed by atoms with van der Waals surface area (Å²) < 4.78 is 5.28. The zero-order valence-corrected chi connectivity index (χ0v) is 20.0. The minimum atomic E-state index is -0.251. The molecular weight excluding hydrogens is 428 g/mol. The van der Waals surface area contributed by atoms with E-state index in [1.165, 1.54) is 18.4 Å². The number of aliphatic hydroxyl groups excluding tert-OH is 1. The van der Waals surface area contributed by atoms with E-state index < -0.39 is 0 Å². The number of nitrogens with two attached hydrogens (primary N) is 1. The Labute approximate surface area is 201 Å². The molecule has 0 spiro atoms. The molecule has 0 bridgehead atoms. The van der Waals surface area contributed by atoms with Crippen LogP contribution in [0.15, 0.2) is 36.5 Å². The molecule has 2 atom stereocenters. The van der Waals surface area contributed by atoms with Gasteiger partial charge in [0.15, 0.2) is 0 Å². The van der Waals surface area contributed by atoms with E-state index in [2.05, 4.69) is 39.5 Å². The largest absolute Gasteiger partial charge is 0.393 e. The number of nitrogens with one attached hydrogen (secondary N) is 1. The summed E-state index contributed by atoms with van der Waals surface area (Å²) in [7, 11) is 1.77. The zero-order valence-electron chi connectivity index (χ0n) is 20.0. The summed E-state index contributed by atoms with van der Waals surface area (Å²) in [5.41, 5.74) is 10.1. The third-order valence-electron chi connectivity index (χ3n) is 8.30. The third-order valence-corrected chi connectivity index (χ3v) is 8.30. The molecule has 34 heavy (non-hydrogen) atoms. The molecule has 0 unspecified atom stereocenters. The first-order valence-electron chi connectivity index (χ1n) is 12.5. The maximum Gasteiger partial charge on any atom is 0.255 e. The van der Waals surface area contributed by atoms with Gasteiger partial charge in [-0.2, -0.15) is 0 Å². The molecule has 2 saturated carbocycles. The third kappa shape index (κ3) is 4.44. The molecule has 1 aromatic carbocycles. The van der Waals surface area contributed by atoms with Crippen LogP contribution in [-0.4, -0.2) is 66.4 Å². The number of nitrogen functional groups attached to an aromatic ring is 1. The maximum absolute atomic E-state index is 12.9. The molecule has 7 nitrogen and oxygen atoms in total. The van der Waals surface area contributed by atoms with Crippen LogP contribution in [-0.2, 0) is 10.2 Å². The average molecular weight is 465 g/mol. The van der Waals surface area contributed by atoms with E-state index in [0.29, 0.717) is 5.56 Å². The van der Waals surface area contributed by atoms with Gasteiger partial charge in [-0.3, -0.25) is 9.69 Å². The van der Waals surface area contributed by atoms with Crippen LogP contribution in [0.2, 0.25) is 0 Å². The monoisotopic (exact) mass is 464 g/mol. The van der Waals surface area contributed by atoms with Gasteiger partial charge in [0.25, 0.3) is 5.91 Å². The highest BCUT2D eigenvalue weighted by atomic mass is 16.5. The normalized spacial score (nSPS) is 28.8. The van der Waals surface area contributed by atoms with Gasteiger partial charge in [-0.1, -0.05) is 24.3 Å². The topological polar surface area (TPSA) is 101 Å². The molecule has 7 heteroatoms. The van der Waals surface area contributed by atoms with Gasteiger partial charge in [0.2, 0.25) is 0 Å². The number of pyridine rings is 1. The van der Waals surface area contributed by atoms with Gasteiger partial charge in [-0.15, -0.1) is 0 Å². The Kier molecular flexibility index (Phi) is 6.60. The lowest BCUT2D eigenvalue weighted by Gasteiger charge is -2.45. The summed E-state index contributed by atoms with van der Waals surface area (Å²) in [5, 5.41) is 12.8. The highest BCUT2D eigenvalue weighted by Gasteiger charge is 2.53. The van der Waals surface area contributed by atoms with Crippen molar-refractivity contribution in [3.63, 3.8) is 0 Å². The molecule has 1 aromatic heterocycles. The summed E-state index contributed by atoms with van der Waals surface area (Å²) in [6.45, 7) is 4.04. The predicted molar refractivity (Wildman–Crippen MR) is 133 cm³/mol. The molecule has 2 aliphatic carbocycles. The van der Waals surface area contributed by atoms with Gasteiger partial charge >= 0.3 is 0 Å². The number of hydrogen-bond acceptors (Lipinski definition) is 6. The van der Waals surface area contributed by atoms with Gasteiger partial charge in [-0.25, -0.2) is 4.98 Å². The first-order valence-corrected chi connectivity index (χ1v) is 12.5. The fourth-order valence-electron chi connectivity index (χ4n) is 6.10. The van der Waals surface area contributed by atoms with Gasteiger partial charge in [0, 0.05) is 50.0 Å². The summed E-state index contributed by atoms with van der Waals surface area (Å²) in [5.74, 6) is 0.778. The van der Waals surface area contributed by atoms with E-state index >= 15 is 0 Å². The van der Waals surface area contributed by atoms with Crippen LogP contribution in [0, 0.1) is 5.92 Å². The summed E-state index contributed by atoms with van der Waals surface area (Å²) in [4.78, 5) is 19.8. The molecule has 4 N–H and O–H groups in total. The van der Waals surface area contributed by atoms with E-state index in [-0.39, 0.29) is 29.3 Å². The van der Waals surface area contributed by atoms with Crippen LogP contribution < -0.4 is 11.1 Å². The lowest BCUT2D eigenvalue weighted by molar-refractivity contribution is 0.0868. The van der Waals surface area contributed by atoms with Crippen molar-refractivity contribution in [2.45, 2.75) is 56.1 Å². The lowest BCUT2D eigenvalue weighted by atomic mass is 9.58. The van der Waals surface area contributed by atoms with E-state index in [0.717, 1.165) is 69.0 Å². The number of ether oxygens (including phenoxy) is 1. The highest BCUT2D eigenvalue weighted by molar-refractivity contribution is 5.99. The molecule has 2 heterocycles. The maximum atomic E-state index is 12.9. The van der Waals surface area contributed by atoms with Crippen LogP contribution in [0.3, 0.4) is 0 Å². The lowest BCUT2D eigenvalue weighted by Crippen LogP contribution is -2.43.